The lowest BCUT2D eigenvalue weighted by Crippen LogP contribution is -2.05. The van der Waals surface area contributed by atoms with E-state index in [4.69, 9.17) is 5.11 Å². The molecule has 0 aliphatic heterocycles. The zero-order valence-corrected chi connectivity index (χ0v) is 9.95. The van der Waals surface area contributed by atoms with E-state index in [2.05, 4.69) is 10.3 Å². The van der Waals surface area contributed by atoms with E-state index in [-0.39, 0.29) is 16.9 Å². The normalized spacial score (nSPS) is 10.3. The van der Waals surface area contributed by atoms with Crippen LogP contribution in [0.2, 0.25) is 0 Å². The Morgan fingerprint density at radius 2 is 2.00 bits per heavy atom. The summed E-state index contributed by atoms with van der Waals surface area (Å²) in [6.07, 6.45) is 1.18. The van der Waals surface area contributed by atoms with Gasteiger partial charge in [0, 0.05) is 18.0 Å². The fraction of sp³-hybridized carbons (Fsp3) is 0.0769. The van der Waals surface area contributed by atoms with Crippen molar-refractivity contribution in [2.24, 2.45) is 0 Å². The number of nitrogens with zero attached hydrogens (tertiary/aromatic N) is 1. The van der Waals surface area contributed by atoms with Gasteiger partial charge in [-0.2, -0.15) is 0 Å². The molecule has 0 unspecified atom stereocenters. The highest BCUT2D eigenvalue weighted by Gasteiger charge is 2.13. The number of carbonyl (C=O) groups is 1. The lowest BCUT2D eigenvalue weighted by Gasteiger charge is -2.10. The average Bonchev–Trinajstić information content (AvgIpc) is 2.32. The van der Waals surface area contributed by atoms with Crippen LogP contribution in [-0.2, 0) is 0 Å². The second-order valence-electron chi connectivity index (χ2n) is 3.93. The molecule has 1 aromatic carbocycles. The molecule has 19 heavy (non-hydrogen) atoms. The van der Waals surface area contributed by atoms with Crippen LogP contribution in [0.4, 0.5) is 20.2 Å². The number of rotatable bonds is 3. The van der Waals surface area contributed by atoms with Crippen LogP contribution >= 0.6 is 0 Å². The van der Waals surface area contributed by atoms with Gasteiger partial charge in [-0.3, -0.25) is 4.98 Å². The van der Waals surface area contributed by atoms with Crippen LogP contribution in [0.5, 0.6) is 0 Å². The van der Waals surface area contributed by atoms with E-state index in [1.54, 1.807) is 6.92 Å². The van der Waals surface area contributed by atoms with Gasteiger partial charge in [0.2, 0.25) is 0 Å². The van der Waals surface area contributed by atoms with Gasteiger partial charge < -0.3 is 10.4 Å². The summed E-state index contributed by atoms with van der Waals surface area (Å²) >= 11 is 0. The fourth-order valence-corrected chi connectivity index (χ4v) is 1.57. The number of aryl methyl sites for hydroxylation is 1. The molecule has 0 bridgehead atoms. The predicted molar refractivity (Wildman–Crippen MR) is 65.6 cm³/mol. The average molecular weight is 264 g/mol. The van der Waals surface area contributed by atoms with Crippen LogP contribution in [0.3, 0.4) is 0 Å². The molecule has 0 radical (unpaired) electrons. The third-order valence-electron chi connectivity index (χ3n) is 2.47. The minimum Gasteiger partial charge on any atom is -0.478 e. The Morgan fingerprint density at radius 1 is 1.26 bits per heavy atom. The van der Waals surface area contributed by atoms with Crippen molar-refractivity contribution in [2.75, 3.05) is 5.32 Å². The first kappa shape index (κ1) is 12.9. The second-order valence-corrected chi connectivity index (χ2v) is 3.93. The van der Waals surface area contributed by atoms with Crippen molar-refractivity contribution >= 4 is 17.3 Å². The maximum Gasteiger partial charge on any atom is 0.339 e. The molecular weight excluding hydrogens is 254 g/mol. The molecule has 1 heterocycles. The van der Waals surface area contributed by atoms with Crippen molar-refractivity contribution in [3.8, 4) is 0 Å². The summed E-state index contributed by atoms with van der Waals surface area (Å²) in [6.45, 7) is 1.68. The van der Waals surface area contributed by atoms with Crippen LogP contribution in [0, 0.1) is 18.6 Å². The summed E-state index contributed by atoms with van der Waals surface area (Å²) in [5.74, 6) is -2.68. The van der Waals surface area contributed by atoms with Gasteiger partial charge >= 0.3 is 5.97 Å². The maximum absolute atomic E-state index is 13.5. The van der Waals surface area contributed by atoms with Gasteiger partial charge in [0.1, 0.15) is 17.2 Å². The molecule has 2 rings (SSSR count). The van der Waals surface area contributed by atoms with E-state index in [1.165, 1.54) is 18.3 Å². The highest BCUT2D eigenvalue weighted by atomic mass is 19.1. The zero-order chi connectivity index (χ0) is 14.0. The summed E-state index contributed by atoms with van der Waals surface area (Å²) in [4.78, 5) is 14.9. The minimum atomic E-state index is -1.18. The van der Waals surface area contributed by atoms with Crippen LogP contribution in [0.15, 0.2) is 30.5 Å². The number of hydrogen-bond acceptors (Lipinski definition) is 3. The molecule has 0 aliphatic rings. The van der Waals surface area contributed by atoms with Crippen LogP contribution < -0.4 is 5.32 Å². The molecule has 0 fully saturated rings. The van der Waals surface area contributed by atoms with Crippen molar-refractivity contribution in [2.45, 2.75) is 6.92 Å². The molecule has 0 atom stereocenters. The van der Waals surface area contributed by atoms with E-state index in [9.17, 15) is 13.6 Å². The number of pyridine rings is 1. The predicted octanol–water partition coefficient (Wildman–Crippen LogP) is 3.11. The third-order valence-corrected chi connectivity index (χ3v) is 2.47. The molecule has 0 aliphatic carbocycles. The Bertz CT molecular complexity index is 645. The van der Waals surface area contributed by atoms with Gasteiger partial charge in [-0.1, -0.05) is 0 Å². The zero-order valence-electron chi connectivity index (χ0n) is 9.95. The molecule has 0 amide bonds. The Hall–Kier alpha value is -2.50. The van der Waals surface area contributed by atoms with E-state index < -0.39 is 17.6 Å². The molecule has 2 N–H and O–H groups in total. The third kappa shape index (κ3) is 2.85. The van der Waals surface area contributed by atoms with Gasteiger partial charge in [0.15, 0.2) is 0 Å². The second kappa shape index (κ2) is 5.01. The lowest BCUT2D eigenvalue weighted by molar-refractivity contribution is 0.0697. The van der Waals surface area contributed by atoms with Crippen LogP contribution in [0.25, 0.3) is 0 Å². The first-order valence-corrected chi connectivity index (χ1v) is 5.39. The minimum absolute atomic E-state index is 0.00509. The van der Waals surface area contributed by atoms with Crippen LogP contribution in [-0.4, -0.2) is 16.1 Å². The smallest absolute Gasteiger partial charge is 0.339 e. The molecule has 6 heteroatoms. The molecular formula is C13H10F2N2O2. The number of halogens is 2. The van der Waals surface area contributed by atoms with E-state index in [0.717, 1.165) is 12.1 Å². The van der Waals surface area contributed by atoms with Gasteiger partial charge in [-0.05, 0) is 25.1 Å². The van der Waals surface area contributed by atoms with Crippen LogP contribution in [0.1, 0.15) is 16.1 Å². The largest absolute Gasteiger partial charge is 0.478 e. The maximum atomic E-state index is 13.5. The lowest BCUT2D eigenvalue weighted by atomic mass is 10.2. The summed E-state index contributed by atoms with van der Waals surface area (Å²) < 4.78 is 26.3. The summed E-state index contributed by atoms with van der Waals surface area (Å²) in [6, 6.07) is 4.48. The Labute approximate surface area is 107 Å². The van der Waals surface area contributed by atoms with Gasteiger partial charge in [-0.25, -0.2) is 13.6 Å². The molecule has 0 saturated heterocycles. The molecule has 1 aromatic heterocycles. The summed E-state index contributed by atoms with van der Waals surface area (Å²) in [7, 11) is 0. The van der Waals surface area contributed by atoms with E-state index >= 15 is 0 Å². The van der Waals surface area contributed by atoms with Crippen molar-refractivity contribution < 1.29 is 18.7 Å². The molecule has 4 nitrogen and oxygen atoms in total. The quantitative estimate of drug-likeness (QED) is 0.894. The number of aromatic carboxylic acids is 1. The number of carboxylic acid groups (broad SMARTS) is 1. The van der Waals surface area contributed by atoms with Crippen molar-refractivity contribution in [1.29, 1.82) is 0 Å². The SMILES string of the molecule is Cc1cc(Nc2ccc(F)cc2F)c(C(=O)O)cn1. The number of nitrogens with one attached hydrogen (secondary N) is 1. The molecule has 0 saturated carbocycles. The Morgan fingerprint density at radius 3 is 2.63 bits per heavy atom. The molecule has 2 aromatic rings. The van der Waals surface area contributed by atoms with Crippen molar-refractivity contribution in [3.05, 3.63) is 53.4 Å². The van der Waals surface area contributed by atoms with Gasteiger partial charge in [0.05, 0.1) is 11.4 Å². The standard InChI is InChI=1S/C13H10F2N2O2/c1-7-4-12(9(6-16-7)13(18)19)17-11-3-2-8(14)5-10(11)15/h2-6H,1H3,(H,16,17)(H,18,19). The number of benzene rings is 1. The first-order valence-electron chi connectivity index (χ1n) is 5.39. The Balaban J connectivity index is 2.42. The highest BCUT2D eigenvalue weighted by molar-refractivity contribution is 5.94. The van der Waals surface area contributed by atoms with E-state index in [1.807, 2.05) is 0 Å². The number of carboxylic acids is 1. The fourth-order valence-electron chi connectivity index (χ4n) is 1.57. The van der Waals surface area contributed by atoms with E-state index in [0.29, 0.717) is 5.69 Å². The molecule has 98 valence electrons. The summed E-state index contributed by atoms with van der Waals surface area (Å²) in [5.41, 5.74) is 0.685. The highest BCUT2D eigenvalue weighted by Crippen LogP contribution is 2.24. The topological polar surface area (TPSA) is 62.2 Å². The number of anilines is 2. The number of aromatic nitrogens is 1. The summed E-state index contributed by atoms with van der Waals surface area (Å²) in [5, 5.41) is 11.6. The first-order chi connectivity index (χ1) is 8.97. The Kier molecular flexibility index (Phi) is 3.41. The van der Waals surface area contributed by atoms with Crippen molar-refractivity contribution in [3.63, 3.8) is 0 Å². The monoisotopic (exact) mass is 264 g/mol. The number of hydrogen-bond donors (Lipinski definition) is 2. The van der Waals surface area contributed by atoms with Crippen molar-refractivity contribution in [1.82, 2.24) is 4.98 Å². The molecule has 0 spiro atoms. The van der Waals surface area contributed by atoms with Gasteiger partial charge in [0.25, 0.3) is 0 Å². The van der Waals surface area contributed by atoms with Gasteiger partial charge in [-0.15, -0.1) is 0 Å².